The normalized spacial score (nSPS) is 14.0. The molecule has 0 aliphatic heterocycles. The second-order valence-corrected chi connectivity index (χ2v) is 5.45. The van der Waals surface area contributed by atoms with E-state index in [1.807, 2.05) is 0 Å². The fraction of sp³-hybridized carbons (Fsp3) is 0.417. The van der Waals surface area contributed by atoms with Gasteiger partial charge in [-0.3, -0.25) is 9.00 Å². The van der Waals surface area contributed by atoms with Gasteiger partial charge in [0.1, 0.15) is 11.6 Å². The van der Waals surface area contributed by atoms with Crippen LogP contribution < -0.4 is 0 Å². The van der Waals surface area contributed by atoms with Gasteiger partial charge in [-0.1, -0.05) is 6.92 Å². The molecule has 1 rings (SSSR count). The van der Waals surface area contributed by atoms with Gasteiger partial charge in [-0.25, -0.2) is 8.78 Å². The molecule has 0 saturated carbocycles. The molecule has 0 fully saturated rings. The molecular weight excluding hydrogens is 262 g/mol. The average Bonchev–Trinajstić information content (AvgIpc) is 2.25. The van der Waals surface area contributed by atoms with Crippen LogP contribution in [0.3, 0.4) is 0 Å². The number of hydrogen-bond acceptors (Lipinski definition) is 3. The summed E-state index contributed by atoms with van der Waals surface area (Å²) >= 11 is 0. The van der Waals surface area contributed by atoms with Gasteiger partial charge >= 0.3 is 5.97 Å². The maximum absolute atomic E-state index is 12.9. The molecule has 1 aromatic rings. The lowest BCUT2D eigenvalue weighted by Gasteiger charge is -2.08. The van der Waals surface area contributed by atoms with Gasteiger partial charge in [-0.2, -0.15) is 0 Å². The van der Waals surface area contributed by atoms with Crippen LogP contribution in [0.25, 0.3) is 0 Å². The largest absolute Gasteiger partial charge is 0.469 e. The molecule has 0 aliphatic rings. The molecule has 0 heterocycles. The third-order valence-corrected chi connectivity index (χ3v) is 3.82. The summed E-state index contributed by atoms with van der Waals surface area (Å²) in [6.07, 6.45) is 0. The van der Waals surface area contributed by atoms with E-state index in [0.29, 0.717) is 5.56 Å². The number of rotatable bonds is 5. The van der Waals surface area contributed by atoms with E-state index >= 15 is 0 Å². The standard InChI is InChI=1S/C12H14F2O3S/c1-8(12(15)17-2)6-18(16)7-9-3-10(13)5-11(14)4-9/h3-5,8H,6-7H2,1-2H3. The van der Waals surface area contributed by atoms with Gasteiger partial charge in [-0.15, -0.1) is 0 Å². The first-order chi connectivity index (χ1) is 8.42. The first-order valence-corrected chi connectivity index (χ1v) is 6.79. The molecule has 0 saturated heterocycles. The van der Waals surface area contributed by atoms with Crippen molar-refractivity contribution >= 4 is 16.8 Å². The zero-order valence-electron chi connectivity index (χ0n) is 10.1. The van der Waals surface area contributed by atoms with E-state index in [9.17, 15) is 17.8 Å². The van der Waals surface area contributed by atoms with Crippen LogP contribution in [-0.2, 0) is 26.1 Å². The van der Waals surface area contributed by atoms with E-state index < -0.39 is 34.3 Å². The number of hydrogen-bond donors (Lipinski definition) is 0. The zero-order chi connectivity index (χ0) is 13.7. The van der Waals surface area contributed by atoms with Crippen LogP contribution in [0.1, 0.15) is 12.5 Å². The smallest absolute Gasteiger partial charge is 0.309 e. The lowest BCUT2D eigenvalue weighted by Crippen LogP contribution is -2.20. The highest BCUT2D eigenvalue weighted by Crippen LogP contribution is 2.12. The van der Waals surface area contributed by atoms with Gasteiger partial charge in [0.2, 0.25) is 0 Å². The van der Waals surface area contributed by atoms with E-state index in [1.54, 1.807) is 6.92 Å². The van der Waals surface area contributed by atoms with Crippen molar-refractivity contribution < 1.29 is 22.5 Å². The maximum Gasteiger partial charge on any atom is 0.309 e. The summed E-state index contributed by atoms with van der Waals surface area (Å²) in [5.74, 6) is -2.25. The fourth-order valence-corrected chi connectivity index (χ4v) is 2.84. The van der Waals surface area contributed by atoms with Crippen molar-refractivity contribution in [3.8, 4) is 0 Å². The molecule has 0 N–H and O–H groups in total. The Hall–Kier alpha value is -1.30. The Balaban J connectivity index is 2.62. The van der Waals surface area contributed by atoms with Crippen molar-refractivity contribution in [2.24, 2.45) is 5.92 Å². The Bertz CT molecular complexity index is 442. The number of benzene rings is 1. The molecule has 6 heteroatoms. The second kappa shape index (κ2) is 6.58. The predicted molar refractivity (Wildman–Crippen MR) is 64.3 cm³/mol. The summed E-state index contributed by atoms with van der Waals surface area (Å²) in [4.78, 5) is 11.1. The molecule has 2 unspecified atom stereocenters. The summed E-state index contributed by atoms with van der Waals surface area (Å²) in [5.41, 5.74) is 0.308. The molecule has 0 aliphatic carbocycles. The van der Waals surface area contributed by atoms with Crippen molar-refractivity contribution in [1.29, 1.82) is 0 Å². The van der Waals surface area contributed by atoms with Gasteiger partial charge in [0.05, 0.1) is 13.0 Å². The quantitative estimate of drug-likeness (QED) is 0.773. The molecule has 2 atom stereocenters. The first kappa shape index (κ1) is 14.8. The summed E-state index contributed by atoms with van der Waals surface area (Å²) in [6.45, 7) is 1.59. The number of carbonyl (C=O) groups is 1. The minimum absolute atomic E-state index is 0.00993. The fourth-order valence-electron chi connectivity index (χ4n) is 1.49. The molecule has 3 nitrogen and oxygen atoms in total. The van der Waals surface area contributed by atoms with Crippen molar-refractivity contribution in [1.82, 2.24) is 0 Å². The molecule has 18 heavy (non-hydrogen) atoms. The van der Waals surface area contributed by atoms with Crippen LogP contribution in [0.2, 0.25) is 0 Å². The van der Waals surface area contributed by atoms with E-state index in [0.717, 1.165) is 18.2 Å². The van der Waals surface area contributed by atoms with E-state index in [-0.39, 0.29) is 11.5 Å². The minimum Gasteiger partial charge on any atom is -0.469 e. The summed E-state index contributed by atoms with van der Waals surface area (Å²) in [7, 11) is -0.120. The highest BCUT2D eigenvalue weighted by molar-refractivity contribution is 7.84. The van der Waals surface area contributed by atoms with Crippen molar-refractivity contribution in [3.05, 3.63) is 35.4 Å². The maximum atomic E-state index is 12.9. The molecule has 1 aromatic carbocycles. The number of carbonyl (C=O) groups excluding carboxylic acids is 1. The third-order valence-electron chi connectivity index (χ3n) is 2.29. The van der Waals surface area contributed by atoms with Gasteiger partial charge in [0.15, 0.2) is 0 Å². The van der Waals surface area contributed by atoms with Crippen molar-refractivity contribution in [2.45, 2.75) is 12.7 Å². The van der Waals surface area contributed by atoms with E-state index in [4.69, 9.17) is 0 Å². The van der Waals surface area contributed by atoms with Gasteiger partial charge in [0, 0.05) is 28.4 Å². The summed E-state index contributed by atoms with van der Waals surface area (Å²) in [6, 6.07) is 3.01. The molecule has 0 bridgehead atoms. The van der Waals surface area contributed by atoms with E-state index in [2.05, 4.69) is 4.74 Å². The number of halogens is 2. The summed E-state index contributed by atoms with van der Waals surface area (Å²) in [5, 5.41) is 0. The Morgan fingerprint density at radius 1 is 1.33 bits per heavy atom. The SMILES string of the molecule is COC(=O)C(C)CS(=O)Cc1cc(F)cc(F)c1. The Labute approximate surface area is 107 Å². The first-order valence-electron chi connectivity index (χ1n) is 5.30. The highest BCUT2D eigenvalue weighted by atomic mass is 32.2. The van der Waals surface area contributed by atoms with Crippen LogP contribution in [0, 0.1) is 17.6 Å². The Morgan fingerprint density at radius 2 is 1.89 bits per heavy atom. The van der Waals surface area contributed by atoms with Crippen molar-refractivity contribution in [3.63, 3.8) is 0 Å². The number of ether oxygens (including phenoxy) is 1. The zero-order valence-corrected chi connectivity index (χ0v) is 10.9. The molecule has 0 spiro atoms. The lowest BCUT2D eigenvalue weighted by molar-refractivity contribution is -0.144. The van der Waals surface area contributed by atoms with Crippen LogP contribution in [0.4, 0.5) is 8.78 Å². The molecule has 0 amide bonds. The third kappa shape index (κ3) is 4.52. The highest BCUT2D eigenvalue weighted by Gasteiger charge is 2.17. The second-order valence-electron chi connectivity index (χ2n) is 3.95. The minimum atomic E-state index is -1.37. The van der Waals surface area contributed by atoms with Gasteiger partial charge in [-0.05, 0) is 17.7 Å². The monoisotopic (exact) mass is 276 g/mol. The average molecular weight is 276 g/mol. The number of esters is 1. The van der Waals surface area contributed by atoms with Crippen LogP contribution in [-0.4, -0.2) is 23.0 Å². The molecule has 0 aromatic heterocycles. The molecular formula is C12H14F2O3S. The molecule has 100 valence electrons. The van der Waals surface area contributed by atoms with Crippen molar-refractivity contribution in [2.75, 3.05) is 12.9 Å². The van der Waals surface area contributed by atoms with Crippen LogP contribution in [0.5, 0.6) is 0 Å². The predicted octanol–water partition coefficient (Wildman–Crippen LogP) is 2.02. The van der Waals surface area contributed by atoms with E-state index in [1.165, 1.54) is 7.11 Å². The lowest BCUT2D eigenvalue weighted by atomic mass is 10.2. The van der Waals surface area contributed by atoms with Crippen LogP contribution >= 0.6 is 0 Å². The number of methoxy groups -OCH3 is 1. The van der Waals surface area contributed by atoms with Gasteiger partial charge in [0.25, 0.3) is 0 Å². The van der Waals surface area contributed by atoms with Gasteiger partial charge < -0.3 is 4.74 Å². The Kier molecular flexibility index (Phi) is 5.40. The van der Waals surface area contributed by atoms with Crippen LogP contribution in [0.15, 0.2) is 18.2 Å². The summed E-state index contributed by atoms with van der Waals surface area (Å²) < 4.78 is 42.1. The molecule has 0 radical (unpaired) electrons. The Morgan fingerprint density at radius 3 is 2.39 bits per heavy atom. The topological polar surface area (TPSA) is 43.4 Å².